The van der Waals surface area contributed by atoms with Crippen LogP contribution in [-0.2, 0) is 6.42 Å². The smallest absolute Gasteiger partial charge is 0.291 e. The second kappa shape index (κ2) is 5.59. The molecule has 2 aromatic rings. The van der Waals surface area contributed by atoms with Crippen LogP contribution in [0.15, 0.2) is 39.2 Å². The number of furan rings is 1. The fourth-order valence-corrected chi connectivity index (χ4v) is 1.95. The number of hydrogen-bond donors (Lipinski definition) is 1. The number of hydrogen-bond acceptors (Lipinski definition) is 2. The Bertz CT molecular complexity index is 580. The molecule has 1 heterocycles. The first kappa shape index (κ1) is 13.2. The molecule has 1 aromatic carbocycles. The van der Waals surface area contributed by atoms with Crippen molar-refractivity contribution in [1.29, 1.82) is 0 Å². The van der Waals surface area contributed by atoms with Gasteiger partial charge in [-0.25, -0.2) is 0 Å². The summed E-state index contributed by atoms with van der Waals surface area (Å²) in [6.45, 7) is 1.97. The van der Waals surface area contributed by atoms with E-state index in [4.69, 9.17) is 16.0 Å². The number of amides is 1. The van der Waals surface area contributed by atoms with E-state index in [9.17, 15) is 4.79 Å². The molecular weight excluding hydrogens is 318 g/mol. The number of rotatable bonds is 3. The second-order valence-electron chi connectivity index (χ2n) is 3.70. The Balaban J connectivity index is 2.13. The third kappa shape index (κ3) is 2.94. The third-order valence-electron chi connectivity index (χ3n) is 2.41. The molecule has 2 rings (SSSR count). The van der Waals surface area contributed by atoms with Gasteiger partial charge in [0.05, 0.1) is 5.02 Å². The Labute approximate surface area is 118 Å². The first-order valence-corrected chi connectivity index (χ1v) is 6.62. The summed E-state index contributed by atoms with van der Waals surface area (Å²) in [5, 5.41) is 3.34. The van der Waals surface area contributed by atoms with Gasteiger partial charge in [0.15, 0.2) is 5.76 Å². The van der Waals surface area contributed by atoms with E-state index in [2.05, 4.69) is 21.2 Å². The maximum atomic E-state index is 11.9. The second-order valence-corrected chi connectivity index (χ2v) is 4.96. The Kier molecular flexibility index (Phi) is 4.09. The van der Waals surface area contributed by atoms with Crippen LogP contribution in [0.5, 0.6) is 0 Å². The van der Waals surface area contributed by atoms with Gasteiger partial charge in [-0.15, -0.1) is 0 Å². The zero-order valence-electron chi connectivity index (χ0n) is 9.67. The van der Waals surface area contributed by atoms with E-state index in [1.54, 1.807) is 30.3 Å². The number of benzene rings is 1. The molecule has 0 bridgehead atoms. The molecule has 1 amide bonds. The molecule has 0 radical (unpaired) electrons. The summed E-state index contributed by atoms with van der Waals surface area (Å²) in [7, 11) is 0. The van der Waals surface area contributed by atoms with Crippen LogP contribution in [0.2, 0.25) is 5.02 Å². The summed E-state index contributed by atoms with van der Waals surface area (Å²) >= 11 is 9.18. The number of nitrogens with one attached hydrogen (secondary N) is 1. The van der Waals surface area contributed by atoms with E-state index in [0.717, 1.165) is 16.7 Å². The molecule has 0 aliphatic carbocycles. The molecule has 5 heteroatoms. The van der Waals surface area contributed by atoms with Crippen LogP contribution in [0.3, 0.4) is 0 Å². The van der Waals surface area contributed by atoms with Crippen molar-refractivity contribution in [2.75, 3.05) is 5.32 Å². The van der Waals surface area contributed by atoms with Gasteiger partial charge in [-0.2, -0.15) is 0 Å². The van der Waals surface area contributed by atoms with Gasteiger partial charge < -0.3 is 9.73 Å². The summed E-state index contributed by atoms with van der Waals surface area (Å²) in [5.74, 6) is 0.819. The lowest BCUT2D eigenvalue weighted by Gasteiger charge is -2.04. The average molecular weight is 329 g/mol. The van der Waals surface area contributed by atoms with Crippen LogP contribution >= 0.6 is 27.5 Å². The monoisotopic (exact) mass is 327 g/mol. The lowest BCUT2D eigenvalue weighted by Crippen LogP contribution is -2.10. The molecule has 0 saturated heterocycles. The van der Waals surface area contributed by atoms with Crippen molar-refractivity contribution < 1.29 is 9.21 Å². The van der Waals surface area contributed by atoms with Gasteiger partial charge in [-0.05, 0) is 46.3 Å². The Morgan fingerprint density at radius 1 is 1.39 bits per heavy atom. The molecule has 1 N–H and O–H groups in total. The molecule has 0 aliphatic rings. The molecule has 0 unspecified atom stereocenters. The molecule has 0 saturated carbocycles. The fourth-order valence-electron chi connectivity index (χ4n) is 1.46. The molecule has 1 aromatic heterocycles. The van der Waals surface area contributed by atoms with E-state index in [1.807, 2.05) is 6.92 Å². The first-order valence-electron chi connectivity index (χ1n) is 5.45. The quantitative estimate of drug-likeness (QED) is 0.900. The largest absolute Gasteiger partial charge is 0.456 e. The highest BCUT2D eigenvalue weighted by Gasteiger charge is 2.11. The normalized spacial score (nSPS) is 10.4. The van der Waals surface area contributed by atoms with E-state index in [0.29, 0.717) is 16.5 Å². The summed E-state index contributed by atoms with van der Waals surface area (Å²) in [5.41, 5.74) is 0.658. The fraction of sp³-hybridized carbons (Fsp3) is 0.154. The minimum absolute atomic E-state index is 0.274. The number of halogens is 2. The van der Waals surface area contributed by atoms with Crippen molar-refractivity contribution in [2.24, 2.45) is 0 Å². The van der Waals surface area contributed by atoms with Crippen LogP contribution in [0.1, 0.15) is 23.2 Å². The lowest BCUT2D eigenvalue weighted by molar-refractivity contribution is 0.0995. The summed E-state index contributed by atoms with van der Waals surface area (Å²) in [4.78, 5) is 11.9. The Morgan fingerprint density at radius 3 is 2.78 bits per heavy atom. The van der Waals surface area contributed by atoms with Crippen molar-refractivity contribution in [2.45, 2.75) is 13.3 Å². The molecule has 0 fully saturated rings. The van der Waals surface area contributed by atoms with E-state index in [-0.39, 0.29) is 5.91 Å². The minimum atomic E-state index is -0.274. The molecule has 0 spiro atoms. The topological polar surface area (TPSA) is 42.2 Å². The van der Waals surface area contributed by atoms with Crippen molar-refractivity contribution in [1.82, 2.24) is 0 Å². The number of carbonyl (C=O) groups is 1. The number of aryl methyl sites for hydroxylation is 1. The maximum absolute atomic E-state index is 11.9. The van der Waals surface area contributed by atoms with E-state index >= 15 is 0 Å². The van der Waals surface area contributed by atoms with Crippen LogP contribution in [0.4, 0.5) is 5.69 Å². The molecule has 0 aliphatic heterocycles. The van der Waals surface area contributed by atoms with E-state index < -0.39 is 0 Å². The maximum Gasteiger partial charge on any atom is 0.291 e. The van der Waals surface area contributed by atoms with Crippen LogP contribution in [0.25, 0.3) is 0 Å². The van der Waals surface area contributed by atoms with Gasteiger partial charge in [0.2, 0.25) is 0 Å². The summed E-state index contributed by atoms with van der Waals surface area (Å²) < 4.78 is 6.10. The van der Waals surface area contributed by atoms with Crippen molar-refractivity contribution in [3.05, 3.63) is 51.3 Å². The standard InChI is InChI=1S/C13H11BrClNO2/c1-2-9-4-6-12(18-9)13(17)16-8-3-5-11(15)10(14)7-8/h3-7H,2H2,1H3,(H,16,17). The predicted octanol–water partition coefficient (Wildman–Crippen LogP) is 4.51. The summed E-state index contributed by atoms with van der Waals surface area (Å²) in [6, 6.07) is 8.64. The van der Waals surface area contributed by atoms with Crippen molar-refractivity contribution in [3.63, 3.8) is 0 Å². The van der Waals surface area contributed by atoms with Gasteiger partial charge >= 0.3 is 0 Å². The van der Waals surface area contributed by atoms with Crippen LogP contribution in [-0.4, -0.2) is 5.91 Å². The minimum Gasteiger partial charge on any atom is -0.456 e. The highest BCUT2D eigenvalue weighted by Crippen LogP contribution is 2.25. The van der Waals surface area contributed by atoms with Gasteiger partial charge in [-0.1, -0.05) is 18.5 Å². The van der Waals surface area contributed by atoms with Gasteiger partial charge in [0.25, 0.3) is 5.91 Å². The van der Waals surface area contributed by atoms with Crippen molar-refractivity contribution >= 4 is 39.1 Å². The predicted molar refractivity (Wildman–Crippen MR) is 75.2 cm³/mol. The number of anilines is 1. The van der Waals surface area contributed by atoms with Crippen molar-refractivity contribution in [3.8, 4) is 0 Å². The Morgan fingerprint density at radius 2 is 2.17 bits per heavy atom. The highest BCUT2D eigenvalue weighted by molar-refractivity contribution is 9.10. The van der Waals surface area contributed by atoms with Gasteiger partial charge in [0, 0.05) is 16.6 Å². The third-order valence-corrected chi connectivity index (χ3v) is 3.63. The molecule has 3 nitrogen and oxygen atoms in total. The first-order chi connectivity index (χ1) is 8.60. The summed E-state index contributed by atoms with van der Waals surface area (Å²) in [6.07, 6.45) is 0.764. The molecular formula is C13H11BrClNO2. The number of carbonyl (C=O) groups excluding carboxylic acids is 1. The molecule has 0 atom stereocenters. The zero-order valence-corrected chi connectivity index (χ0v) is 12.0. The van der Waals surface area contributed by atoms with Crippen LogP contribution in [0, 0.1) is 0 Å². The SMILES string of the molecule is CCc1ccc(C(=O)Nc2ccc(Cl)c(Br)c2)o1. The highest BCUT2D eigenvalue weighted by atomic mass is 79.9. The average Bonchev–Trinajstić information content (AvgIpc) is 2.82. The van der Waals surface area contributed by atoms with Gasteiger partial charge in [-0.3, -0.25) is 4.79 Å². The molecule has 94 valence electrons. The lowest BCUT2D eigenvalue weighted by atomic mass is 10.3. The van der Waals surface area contributed by atoms with Gasteiger partial charge in [0.1, 0.15) is 5.76 Å². The zero-order chi connectivity index (χ0) is 13.1. The van der Waals surface area contributed by atoms with Crippen LogP contribution < -0.4 is 5.32 Å². The Hall–Kier alpha value is -1.26. The van der Waals surface area contributed by atoms with E-state index in [1.165, 1.54) is 0 Å². The molecule has 18 heavy (non-hydrogen) atoms.